The molecule has 6 nitrogen and oxygen atoms in total. The van der Waals surface area contributed by atoms with Crippen molar-refractivity contribution < 1.29 is 9.53 Å². The van der Waals surface area contributed by atoms with Crippen LogP contribution in [-0.4, -0.2) is 33.3 Å². The highest BCUT2D eigenvalue weighted by atomic mass is 16.5. The Morgan fingerprint density at radius 3 is 2.71 bits per heavy atom. The van der Waals surface area contributed by atoms with Crippen LogP contribution in [0, 0.1) is 0 Å². The zero-order valence-electron chi connectivity index (χ0n) is 17.6. The van der Waals surface area contributed by atoms with Gasteiger partial charge in [-0.15, -0.1) is 0 Å². The van der Waals surface area contributed by atoms with Crippen molar-refractivity contribution in [1.82, 2.24) is 20.1 Å². The summed E-state index contributed by atoms with van der Waals surface area (Å²) in [7, 11) is 0. The Bertz CT molecular complexity index is 1220. The molecule has 0 fully saturated rings. The maximum atomic E-state index is 13.2. The summed E-state index contributed by atoms with van der Waals surface area (Å²) in [6.07, 6.45) is 2.46. The first-order valence-electron chi connectivity index (χ1n) is 10.6. The van der Waals surface area contributed by atoms with Crippen LogP contribution < -0.4 is 10.1 Å². The molecule has 2 aromatic carbocycles. The number of para-hydroxylation sites is 1. The molecule has 0 radical (unpaired) electrons. The van der Waals surface area contributed by atoms with Gasteiger partial charge in [-0.3, -0.25) is 4.79 Å². The van der Waals surface area contributed by atoms with E-state index in [2.05, 4.69) is 30.3 Å². The molecule has 1 aliphatic heterocycles. The van der Waals surface area contributed by atoms with Crippen LogP contribution in [0.15, 0.2) is 66.9 Å². The molecule has 1 aliphatic rings. The van der Waals surface area contributed by atoms with Crippen molar-refractivity contribution in [1.29, 1.82) is 0 Å². The molecular weight excluding hydrogens is 388 g/mol. The number of pyridine rings is 1. The number of ether oxygens (including phenoxy) is 1. The molecule has 3 heterocycles. The van der Waals surface area contributed by atoms with Crippen LogP contribution in [0.1, 0.15) is 35.8 Å². The summed E-state index contributed by atoms with van der Waals surface area (Å²) in [5, 5.41) is 8.29. The van der Waals surface area contributed by atoms with Gasteiger partial charge in [0.2, 0.25) is 0 Å². The summed E-state index contributed by atoms with van der Waals surface area (Å²) >= 11 is 0. The summed E-state index contributed by atoms with van der Waals surface area (Å²) in [5.41, 5.74) is 4.18. The molecule has 6 heteroatoms. The van der Waals surface area contributed by atoms with Crippen molar-refractivity contribution in [2.75, 3.05) is 6.54 Å². The first-order chi connectivity index (χ1) is 15.1. The molecule has 5 rings (SSSR count). The Balaban J connectivity index is 1.45. The van der Waals surface area contributed by atoms with Crippen LogP contribution in [0.2, 0.25) is 0 Å². The van der Waals surface area contributed by atoms with E-state index >= 15 is 0 Å². The fourth-order valence-electron chi connectivity index (χ4n) is 4.01. The van der Waals surface area contributed by atoms with Crippen LogP contribution in [0.25, 0.3) is 22.3 Å². The number of hydrogen-bond acceptors (Lipinski definition) is 4. The predicted octanol–water partition coefficient (Wildman–Crippen LogP) is 4.41. The quantitative estimate of drug-likeness (QED) is 0.527. The van der Waals surface area contributed by atoms with Crippen molar-refractivity contribution >= 4 is 16.9 Å². The molecule has 4 aromatic rings. The maximum Gasteiger partial charge on any atom is 0.252 e. The summed E-state index contributed by atoms with van der Waals surface area (Å²) in [5.74, 6) is 0.755. The highest BCUT2D eigenvalue weighted by molar-refractivity contribution is 6.06. The molecular formula is C25H24N4O2. The van der Waals surface area contributed by atoms with E-state index < -0.39 is 0 Å². The third kappa shape index (κ3) is 3.65. The molecule has 1 atom stereocenters. The number of carbonyl (C=O) groups excluding carboxylic acids is 1. The minimum atomic E-state index is -0.146. The molecule has 31 heavy (non-hydrogen) atoms. The first-order valence-corrected chi connectivity index (χ1v) is 10.6. The fourth-order valence-corrected chi connectivity index (χ4v) is 4.01. The molecule has 1 amide bonds. The van der Waals surface area contributed by atoms with E-state index in [-0.39, 0.29) is 18.1 Å². The third-order valence-corrected chi connectivity index (χ3v) is 5.57. The average molecular weight is 412 g/mol. The minimum absolute atomic E-state index is 0.0642. The van der Waals surface area contributed by atoms with E-state index in [1.54, 1.807) is 6.20 Å². The van der Waals surface area contributed by atoms with Gasteiger partial charge >= 0.3 is 0 Å². The normalized spacial score (nSPS) is 15.1. The number of carbonyl (C=O) groups is 1. The molecule has 1 unspecified atom stereocenters. The average Bonchev–Trinajstić information content (AvgIpc) is 3.41. The van der Waals surface area contributed by atoms with E-state index in [9.17, 15) is 4.79 Å². The van der Waals surface area contributed by atoms with Crippen LogP contribution in [0.5, 0.6) is 5.75 Å². The second-order valence-electron chi connectivity index (χ2n) is 8.10. The Morgan fingerprint density at radius 2 is 1.94 bits per heavy atom. The Hall–Kier alpha value is -3.67. The monoisotopic (exact) mass is 412 g/mol. The number of nitrogens with zero attached hydrogens (tertiary/aromatic N) is 3. The third-order valence-electron chi connectivity index (χ3n) is 5.57. The van der Waals surface area contributed by atoms with Gasteiger partial charge in [-0.1, -0.05) is 48.5 Å². The smallest absolute Gasteiger partial charge is 0.252 e. The van der Waals surface area contributed by atoms with E-state index in [1.807, 2.05) is 59.3 Å². The topological polar surface area (TPSA) is 69.0 Å². The molecule has 156 valence electrons. The van der Waals surface area contributed by atoms with Gasteiger partial charge in [0.1, 0.15) is 11.9 Å². The highest BCUT2D eigenvalue weighted by Crippen LogP contribution is 2.29. The molecule has 0 spiro atoms. The summed E-state index contributed by atoms with van der Waals surface area (Å²) in [6.45, 7) is 4.55. The van der Waals surface area contributed by atoms with Gasteiger partial charge in [0, 0.05) is 18.0 Å². The van der Waals surface area contributed by atoms with Gasteiger partial charge in [-0.2, -0.15) is 5.10 Å². The molecule has 0 bridgehead atoms. The second-order valence-corrected chi connectivity index (χ2v) is 8.10. The number of aromatic nitrogens is 3. The summed E-state index contributed by atoms with van der Waals surface area (Å²) < 4.78 is 7.82. The fraction of sp³-hybridized carbons (Fsp3) is 0.240. The zero-order chi connectivity index (χ0) is 21.4. The van der Waals surface area contributed by atoms with Crippen molar-refractivity contribution in [2.24, 2.45) is 0 Å². The lowest BCUT2D eigenvalue weighted by molar-refractivity contribution is 0.0935. The van der Waals surface area contributed by atoms with E-state index in [4.69, 9.17) is 9.72 Å². The van der Waals surface area contributed by atoms with Crippen LogP contribution in [-0.2, 0) is 6.42 Å². The lowest BCUT2D eigenvalue weighted by Gasteiger charge is -2.14. The lowest BCUT2D eigenvalue weighted by atomic mass is 10.1. The number of hydrogen-bond donors (Lipinski definition) is 1. The Kier molecular flexibility index (Phi) is 4.90. The van der Waals surface area contributed by atoms with Crippen LogP contribution in [0.4, 0.5) is 0 Å². The Labute approximate surface area is 180 Å². The van der Waals surface area contributed by atoms with Gasteiger partial charge in [0.05, 0.1) is 29.4 Å². The van der Waals surface area contributed by atoms with Crippen LogP contribution in [0.3, 0.4) is 0 Å². The van der Waals surface area contributed by atoms with Crippen molar-refractivity contribution in [3.63, 3.8) is 0 Å². The number of fused-ring (bicyclic) bond motifs is 2. The highest BCUT2D eigenvalue weighted by Gasteiger charge is 2.24. The number of benzene rings is 2. The molecule has 2 aromatic heterocycles. The van der Waals surface area contributed by atoms with Gasteiger partial charge in [0.25, 0.3) is 5.91 Å². The lowest BCUT2D eigenvalue weighted by Crippen LogP contribution is -2.34. The van der Waals surface area contributed by atoms with Gasteiger partial charge in [0.15, 0.2) is 5.65 Å². The SMILES string of the molecule is CC(C)n1ncc2c(C(=O)NCC3Cc4ccccc4O3)cc(-c3ccccc3)nc21. The summed E-state index contributed by atoms with van der Waals surface area (Å²) in [6, 6.07) is 19.9. The van der Waals surface area contributed by atoms with Crippen LogP contribution >= 0.6 is 0 Å². The van der Waals surface area contributed by atoms with Gasteiger partial charge < -0.3 is 10.1 Å². The minimum Gasteiger partial charge on any atom is -0.488 e. The molecule has 0 saturated heterocycles. The molecule has 0 aliphatic carbocycles. The first kappa shape index (κ1) is 19.3. The standard InChI is InChI=1S/C25H24N4O2/c1-16(2)29-24-21(15-27-29)20(13-22(28-24)17-8-4-3-5-9-17)25(30)26-14-19-12-18-10-6-7-11-23(18)31-19/h3-11,13,15-16,19H,12,14H2,1-2H3,(H,26,30). The van der Waals surface area contributed by atoms with E-state index in [0.29, 0.717) is 17.8 Å². The Morgan fingerprint density at radius 1 is 1.16 bits per heavy atom. The largest absolute Gasteiger partial charge is 0.488 e. The zero-order valence-corrected chi connectivity index (χ0v) is 17.6. The van der Waals surface area contributed by atoms with Crippen molar-refractivity contribution in [3.05, 3.63) is 78.0 Å². The van der Waals surface area contributed by atoms with E-state index in [0.717, 1.165) is 28.8 Å². The number of amides is 1. The van der Waals surface area contributed by atoms with E-state index in [1.165, 1.54) is 5.56 Å². The predicted molar refractivity (Wildman–Crippen MR) is 120 cm³/mol. The number of rotatable bonds is 5. The van der Waals surface area contributed by atoms with Crippen molar-refractivity contribution in [3.8, 4) is 17.0 Å². The van der Waals surface area contributed by atoms with Crippen molar-refractivity contribution in [2.45, 2.75) is 32.4 Å². The second kappa shape index (κ2) is 7.87. The summed E-state index contributed by atoms with van der Waals surface area (Å²) in [4.78, 5) is 18.0. The van der Waals surface area contributed by atoms with Gasteiger partial charge in [-0.05, 0) is 31.5 Å². The molecule has 1 N–H and O–H groups in total. The number of nitrogens with one attached hydrogen (secondary N) is 1. The maximum absolute atomic E-state index is 13.2. The molecule has 0 saturated carbocycles. The van der Waals surface area contributed by atoms with Gasteiger partial charge in [-0.25, -0.2) is 9.67 Å².